The minimum Gasteiger partial charge on any atom is -0.310 e. The third-order valence-electron chi connectivity index (χ3n) is 11.0. The zero-order chi connectivity index (χ0) is 30.7. The lowest BCUT2D eigenvalue weighted by Gasteiger charge is -2.40. The Morgan fingerprint density at radius 1 is 0.553 bits per heavy atom. The fourth-order valence-electron chi connectivity index (χ4n) is 9.09. The van der Waals surface area contributed by atoms with E-state index >= 15 is 0 Å². The molecule has 1 aromatic heterocycles. The number of rotatable bonds is 1. The van der Waals surface area contributed by atoms with E-state index in [2.05, 4.69) is 168 Å². The minimum absolute atomic E-state index is 0.296. The van der Waals surface area contributed by atoms with Crippen LogP contribution in [0.1, 0.15) is 39.4 Å². The molecule has 0 saturated carbocycles. The molecule has 2 unspecified atom stereocenters. The van der Waals surface area contributed by atoms with Crippen LogP contribution >= 0.6 is 11.8 Å². The number of hydrogen-bond acceptors (Lipinski definition) is 1. The highest BCUT2D eigenvalue weighted by Crippen LogP contribution is 2.63. The lowest BCUT2D eigenvalue weighted by molar-refractivity contribution is 0.693. The Morgan fingerprint density at radius 3 is 2.09 bits per heavy atom. The first-order valence-corrected chi connectivity index (χ1v) is 17.3. The summed E-state index contributed by atoms with van der Waals surface area (Å²) in [6.45, 7) is 0. The first-order valence-electron chi connectivity index (χ1n) is 16.5. The standard InChI is InChI=1S/C45H29NS/c1-2-13-30-25-31(23-21-28(30)11-1)46-40-24-22-29-12-3-4-14-32(29)44(40)35-26-39-43(27-41(35)46)47-42-20-10-9-19-38(42)45(39)36-17-7-5-15-33(36)34-16-6-8-18-37(34)45/h1-27,29,32H. The van der Waals surface area contributed by atoms with Gasteiger partial charge in [-0.1, -0.05) is 139 Å². The van der Waals surface area contributed by atoms with Crippen molar-refractivity contribution in [1.82, 2.24) is 4.57 Å². The van der Waals surface area contributed by atoms with Gasteiger partial charge >= 0.3 is 0 Å². The highest BCUT2D eigenvalue weighted by Gasteiger charge is 2.50. The molecule has 2 heterocycles. The molecular weight excluding hydrogens is 587 g/mol. The summed E-state index contributed by atoms with van der Waals surface area (Å²) in [5, 5.41) is 3.88. The zero-order valence-corrected chi connectivity index (χ0v) is 26.4. The maximum atomic E-state index is 2.59. The van der Waals surface area contributed by atoms with Crippen LogP contribution in [0.25, 0.3) is 44.6 Å². The molecule has 2 atom stereocenters. The molecule has 0 amide bonds. The first-order chi connectivity index (χ1) is 23.3. The van der Waals surface area contributed by atoms with Gasteiger partial charge < -0.3 is 4.57 Å². The van der Waals surface area contributed by atoms with E-state index in [-0.39, 0.29) is 5.41 Å². The van der Waals surface area contributed by atoms with Gasteiger partial charge in [-0.15, -0.1) is 0 Å². The van der Waals surface area contributed by atoms with Gasteiger partial charge in [0.1, 0.15) is 0 Å². The van der Waals surface area contributed by atoms with Crippen LogP contribution in [0.3, 0.4) is 0 Å². The van der Waals surface area contributed by atoms with Crippen LogP contribution < -0.4 is 0 Å². The van der Waals surface area contributed by atoms with Crippen molar-refractivity contribution in [2.75, 3.05) is 0 Å². The van der Waals surface area contributed by atoms with E-state index in [1.165, 1.54) is 81.8 Å². The third-order valence-corrected chi connectivity index (χ3v) is 12.1. The van der Waals surface area contributed by atoms with E-state index in [4.69, 9.17) is 0 Å². The number of allylic oxidation sites excluding steroid dienone is 5. The Balaban J connectivity index is 1.29. The highest BCUT2D eigenvalue weighted by atomic mass is 32.2. The van der Waals surface area contributed by atoms with Crippen molar-refractivity contribution in [2.24, 2.45) is 5.92 Å². The van der Waals surface area contributed by atoms with E-state index in [1.807, 2.05) is 11.8 Å². The van der Waals surface area contributed by atoms with Gasteiger partial charge in [0.25, 0.3) is 0 Å². The quantitative estimate of drug-likeness (QED) is 0.178. The van der Waals surface area contributed by atoms with Crippen LogP contribution in [-0.2, 0) is 5.41 Å². The molecule has 220 valence electrons. The molecular formula is C45H29NS. The second-order valence-electron chi connectivity index (χ2n) is 13.2. The van der Waals surface area contributed by atoms with E-state index in [1.54, 1.807) is 0 Å². The van der Waals surface area contributed by atoms with Crippen molar-refractivity contribution >= 4 is 39.5 Å². The summed E-state index contributed by atoms with van der Waals surface area (Å²) in [7, 11) is 0. The van der Waals surface area contributed by atoms with Gasteiger partial charge in [0.05, 0.1) is 16.6 Å². The Bertz CT molecular complexity index is 2530. The van der Waals surface area contributed by atoms with Crippen molar-refractivity contribution in [3.05, 3.63) is 191 Å². The minimum atomic E-state index is -0.386. The monoisotopic (exact) mass is 615 g/mol. The Labute approximate surface area is 278 Å². The van der Waals surface area contributed by atoms with Crippen molar-refractivity contribution < 1.29 is 0 Å². The van der Waals surface area contributed by atoms with Crippen molar-refractivity contribution in [3.63, 3.8) is 0 Å². The summed E-state index contributed by atoms with van der Waals surface area (Å²) in [5.74, 6) is 0.654. The predicted molar refractivity (Wildman–Crippen MR) is 196 cm³/mol. The molecule has 7 aromatic rings. The molecule has 0 fully saturated rings. The van der Waals surface area contributed by atoms with Gasteiger partial charge in [0, 0.05) is 32.7 Å². The van der Waals surface area contributed by atoms with Gasteiger partial charge in [-0.25, -0.2) is 0 Å². The molecule has 1 nitrogen and oxygen atoms in total. The average Bonchev–Trinajstić information content (AvgIpc) is 3.61. The third kappa shape index (κ3) is 3.31. The summed E-state index contributed by atoms with van der Waals surface area (Å²) < 4.78 is 2.53. The summed E-state index contributed by atoms with van der Waals surface area (Å²) in [4.78, 5) is 2.67. The van der Waals surface area contributed by atoms with Crippen LogP contribution in [0.5, 0.6) is 0 Å². The van der Waals surface area contributed by atoms with Crippen LogP contribution in [-0.4, -0.2) is 4.57 Å². The van der Waals surface area contributed by atoms with Crippen LogP contribution in [0.2, 0.25) is 0 Å². The topological polar surface area (TPSA) is 4.93 Å². The van der Waals surface area contributed by atoms with E-state index in [9.17, 15) is 0 Å². The number of aromatic nitrogens is 1. The molecule has 3 aliphatic carbocycles. The summed E-state index contributed by atoms with van der Waals surface area (Å²) in [5.41, 5.74) is 13.1. The second-order valence-corrected chi connectivity index (χ2v) is 14.3. The van der Waals surface area contributed by atoms with Crippen LogP contribution in [0, 0.1) is 5.92 Å². The van der Waals surface area contributed by atoms with Gasteiger partial charge in [-0.05, 0) is 86.1 Å². The van der Waals surface area contributed by atoms with Crippen molar-refractivity contribution in [2.45, 2.75) is 21.1 Å². The Morgan fingerprint density at radius 2 is 1.26 bits per heavy atom. The molecule has 1 spiro atoms. The maximum Gasteiger partial charge on any atom is 0.0735 e. The summed E-state index contributed by atoms with van der Waals surface area (Å²) in [6.07, 6.45) is 14.0. The molecule has 0 radical (unpaired) electrons. The normalized spacial score (nSPS) is 18.9. The van der Waals surface area contributed by atoms with E-state index in [0.29, 0.717) is 11.8 Å². The number of nitrogens with zero attached hydrogens (tertiary/aromatic N) is 1. The van der Waals surface area contributed by atoms with Gasteiger partial charge in [-0.2, -0.15) is 0 Å². The first kappa shape index (κ1) is 25.8. The average molecular weight is 616 g/mol. The fraction of sp³-hybridized carbons (Fsp3) is 0.0667. The molecule has 11 rings (SSSR count). The summed E-state index contributed by atoms with van der Waals surface area (Å²) in [6, 6.07) is 48.0. The molecule has 1 aliphatic heterocycles. The SMILES string of the molecule is C1=CC2C=Cc3c(c4cc5c(cc4n3-c3ccc4ccccc4c3)Sc3ccccc3C53c4ccccc4-c4ccccc43)C2C=C1. The fourth-order valence-corrected chi connectivity index (χ4v) is 10.3. The van der Waals surface area contributed by atoms with Gasteiger partial charge in [0.2, 0.25) is 0 Å². The van der Waals surface area contributed by atoms with E-state index < -0.39 is 0 Å². The molecule has 0 bridgehead atoms. The molecule has 0 saturated heterocycles. The summed E-state index contributed by atoms with van der Waals surface area (Å²) >= 11 is 1.93. The van der Waals surface area contributed by atoms with Crippen LogP contribution in [0.15, 0.2) is 168 Å². The van der Waals surface area contributed by atoms with Crippen LogP contribution in [0.4, 0.5) is 0 Å². The van der Waals surface area contributed by atoms with Crippen molar-refractivity contribution in [3.8, 4) is 16.8 Å². The second kappa shape index (κ2) is 9.37. The van der Waals surface area contributed by atoms with Crippen molar-refractivity contribution in [1.29, 1.82) is 0 Å². The molecule has 4 aliphatic rings. The Kier molecular flexibility index (Phi) is 5.15. The molecule has 47 heavy (non-hydrogen) atoms. The van der Waals surface area contributed by atoms with Gasteiger partial charge in [0.15, 0.2) is 0 Å². The molecule has 0 N–H and O–H groups in total. The lowest BCUT2D eigenvalue weighted by Crippen LogP contribution is -2.32. The van der Waals surface area contributed by atoms with E-state index in [0.717, 1.165) is 0 Å². The molecule has 6 aromatic carbocycles. The predicted octanol–water partition coefficient (Wildman–Crippen LogP) is 11.5. The smallest absolute Gasteiger partial charge is 0.0735 e. The molecule has 2 heteroatoms. The highest BCUT2D eigenvalue weighted by molar-refractivity contribution is 7.99. The van der Waals surface area contributed by atoms with Gasteiger partial charge in [-0.3, -0.25) is 0 Å². The lowest BCUT2D eigenvalue weighted by atomic mass is 9.67. The largest absolute Gasteiger partial charge is 0.310 e. The maximum absolute atomic E-state index is 2.59. The number of hydrogen-bond donors (Lipinski definition) is 0. The Hall–Kier alpha value is -5.31. The number of benzene rings is 6. The zero-order valence-electron chi connectivity index (χ0n) is 25.6. The number of fused-ring (bicyclic) bond motifs is 15.